The lowest BCUT2D eigenvalue weighted by Gasteiger charge is -2.62. The van der Waals surface area contributed by atoms with Gasteiger partial charge in [0.05, 0.1) is 18.1 Å². The number of hydrogen-bond acceptors (Lipinski definition) is 5. The Balaban J connectivity index is 1.79. The molecule has 4 aliphatic rings. The van der Waals surface area contributed by atoms with Crippen LogP contribution in [0.1, 0.15) is 30.4 Å². The Hall–Kier alpha value is -1.85. The van der Waals surface area contributed by atoms with E-state index in [2.05, 4.69) is 17.5 Å². The van der Waals surface area contributed by atoms with Gasteiger partial charge in [-0.05, 0) is 30.9 Å². The van der Waals surface area contributed by atoms with Crippen LogP contribution in [0.5, 0.6) is 11.5 Å². The van der Waals surface area contributed by atoms with E-state index in [1.807, 2.05) is 12.1 Å². The van der Waals surface area contributed by atoms with Crippen LogP contribution in [0.4, 0.5) is 0 Å². The first kappa shape index (κ1) is 15.4. The van der Waals surface area contributed by atoms with Gasteiger partial charge in [0.15, 0.2) is 23.4 Å². The Bertz CT molecular complexity index is 790. The largest absolute Gasteiger partial charge is 0.493 e. The number of aliphatic hydroxyl groups is 1. The molecule has 1 saturated heterocycles. The fourth-order valence-electron chi connectivity index (χ4n) is 5.95. The average Bonchev–Trinajstić information content (AvgIpc) is 2.96. The molecule has 132 valence electrons. The Morgan fingerprint density at radius 1 is 1.48 bits per heavy atom. The predicted molar refractivity (Wildman–Crippen MR) is 92.2 cm³/mol. The molecule has 1 N–H and O–H groups in total. The minimum absolute atomic E-state index is 0.00899. The summed E-state index contributed by atoms with van der Waals surface area (Å²) in [6.07, 6.45) is 3.66. The van der Waals surface area contributed by atoms with Gasteiger partial charge in [0.1, 0.15) is 0 Å². The molecule has 5 nitrogen and oxygen atoms in total. The molecule has 2 bridgehead atoms. The van der Waals surface area contributed by atoms with E-state index in [-0.39, 0.29) is 11.8 Å². The van der Waals surface area contributed by atoms with Gasteiger partial charge in [-0.3, -0.25) is 9.69 Å². The number of carbonyl (C=O) groups excluding carboxylic acids is 1. The molecule has 2 aliphatic carbocycles. The summed E-state index contributed by atoms with van der Waals surface area (Å²) >= 11 is 0. The van der Waals surface area contributed by atoms with Crippen LogP contribution in [0.2, 0.25) is 0 Å². The first-order valence-corrected chi connectivity index (χ1v) is 9.04. The fraction of sp³-hybridized carbons (Fsp3) is 0.550. The summed E-state index contributed by atoms with van der Waals surface area (Å²) in [6.45, 7) is 5.46. The van der Waals surface area contributed by atoms with E-state index in [1.54, 1.807) is 7.11 Å². The fourth-order valence-corrected chi connectivity index (χ4v) is 5.95. The molecule has 0 amide bonds. The molecule has 5 heteroatoms. The summed E-state index contributed by atoms with van der Waals surface area (Å²) in [5.41, 5.74) is 0.623. The van der Waals surface area contributed by atoms with Crippen molar-refractivity contribution in [1.82, 2.24) is 4.90 Å². The number of ketones is 1. The first-order valence-electron chi connectivity index (χ1n) is 9.04. The van der Waals surface area contributed by atoms with Crippen LogP contribution in [0.3, 0.4) is 0 Å². The molecule has 0 aromatic heterocycles. The van der Waals surface area contributed by atoms with Crippen molar-refractivity contribution < 1.29 is 19.4 Å². The van der Waals surface area contributed by atoms with Gasteiger partial charge < -0.3 is 14.6 Å². The summed E-state index contributed by atoms with van der Waals surface area (Å²) in [6, 6.07) is 3.99. The average molecular weight is 341 g/mol. The number of piperidine rings is 1. The maximum Gasteiger partial charge on any atom is 0.174 e. The molecular formula is C20H23NO4. The molecule has 2 fully saturated rings. The number of methoxy groups -OCH3 is 1. The third kappa shape index (κ3) is 1.59. The van der Waals surface area contributed by atoms with Gasteiger partial charge in [-0.1, -0.05) is 12.1 Å². The van der Waals surface area contributed by atoms with Gasteiger partial charge in [-0.2, -0.15) is 0 Å². The number of nitrogens with zero attached hydrogens (tertiary/aromatic N) is 1. The van der Waals surface area contributed by atoms with Gasteiger partial charge in [0.25, 0.3) is 0 Å². The van der Waals surface area contributed by atoms with Crippen molar-refractivity contribution in [2.75, 3.05) is 20.2 Å². The summed E-state index contributed by atoms with van der Waals surface area (Å²) < 4.78 is 11.7. The normalized spacial score (nSPS) is 38.1. The van der Waals surface area contributed by atoms with Crippen LogP contribution in [-0.4, -0.2) is 53.7 Å². The van der Waals surface area contributed by atoms with Crippen molar-refractivity contribution in [2.45, 2.75) is 48.8 Å². The Labute approximate surface area is 147 Å². The van der Waals surface area contributed by atoms with Crippen molar-refractivity contribution in [3.63, 3.8) is 0 Å². The van der Waals surface area contributed by atoms with E-state index in [9.17, 15) is 9.90 Å². The van der Waals surface area contributed by atoms with Crippen LogP contribution in [0.25, 0.3) is 0 Å². The van der Waals surface area contributed by atoms with Crippen LogP contribution < -0.4 is 9.47 Å². The van der Waals surface area contributed by atoms with Crippen molar-refractivity contribution in [1.29, 1.82) is 0 Å². The molecule has 2 aliphatic heterocycles. The van der Waals surface area contributed by atoms with Gasteiger partial charge >= 0.3 is 0 Å². The van der Waals surface area contributed by atoms with Gasteiger partial charge in [0.2, 0.25) is 0 Å². The molecule has 1 aromatic rings. The van der Waals surface area contributed by atoms with Crippen LogP contribution in [-0.2, 0) is 16.6 Å². The zero-order valence-electron chi connectivity index (χ0n) is 14.5. The lowest BCUT2D eigenvalue weighted by Crippen LogP contribution is -2.76. The highest BCUT2D eigenvalue weighted by atomic mass is 16.5. The van der Waals surface area contributed by atoms with E-state index in [0.717, 1.165) is 31.5 Å². The quantitative estimate of drug-likeness (QED) is 0.847. The first-order chi connectivity index (χ1) is 12.1. The summed E-state index contributed by atoms with van der Waals surface area (Å²) in [4.78, 5) is 15.1. The van der Waals surface area contributed by atoms with Crippen molar-refractivity contribution in [3.8, 4) is 11.5 Å². The van der Waals surface area contributed by atoms with Crippen LogP contribution >= 0.6 is 0 Å². The van der Waals surface area contributed by atoms with Crippen molar-refractivity contribution in [3.05, 3.63) is 35.9 Å². The maximum absolute atomic E-state index is 12.8. The Morgan fingerprint density at radius 3 is 3.08 bits per heavy atom. The van der Waals surface area contributed by atoms with E-state index >= 15 is 0 Å². The zero-order valence-corrected chi connectivity index (χ0v) is 14.5. The number of rotatable bonds is 3. The van der Waals surface area contributed by atoms with E-state index in [4.69, 9.17) is 9.47 Å². The highest BCUT2D eigenvalue weighted by molar-refractivity contribution is 5.90. The lowest BCUT2D eigenvalue weighted by atomic mass is 9.49. The summed E-state index contributed by atoms with van der Waals surface area (Å²) in [7, 11) is 1.62. The number of carbonyl (C=O) groups is 1. The second kappa shape index (κ2) is 4.86. The van der Waals surface area contributed by atoms with Gasteiger partial charge in [-0.15, -0.1) is 6.58 Å². The molecule has 1 spiro atoms. The molecule has 5 rings (SSSR count). The lowest BCUT2D eigenvalue weighted by molar-refractivity contribution is -0.187. The minimum atomic E-state index is -0.947. The van der Waals surface area contributed by atoms with E-state index in [1.165, 1.54) is 5.56 Å². The minimum Gasteiger partial charge on any atom is -0.493 e. The third-order valence-electron chi connectivity index (χ3n) is 6.94. The SMILES string of the molecule is C=CCN1CC[C@]23c4c5ccc(OC)c4O[C@@H]2C(=O)CCC3(O)[C@H]1C5. The van der Waals surface area contributed by atoms with Crippen LogP contribution in [0, 0.1) is 0 Å². The van der Waals surface area contributed by atoms with E-state index < -0.39 is 17.1 Å². The highest BCUT2D eigenvalue weighted by Crippen LogP contribution is 2.64. The van der Waals surface area contributed by atoms with Crippen molar-refractivity contribution in [2.24, 2.45) is 0 Å². The number of hydrogen-bond donors (Lipinski definition) is 1. The smallest absolute Gasteiger partial charge is 0.174 e. The monoisotopic (exact) mass is 341 g/mol. The highest BCUT2D eigenvalue weighted by Gasteiger charge is 2.73. The van der Waals surface area contributed by atoms with Gasteiger partial charge in [-0.25, -0.2) is 0 Å². The maximum atomic E-state index is 12.8. The molecule has 1 aromatic carbocycles. The Morgan fingerprint density at radius 2 is 2.32 bits per heavy atom. The molecule has 0 radical (unpaired) electrons. The Kier molecular flexibility index (Phi) is 3.00. The molecule has 1 saturated carbocycles. The number of benzene rings is 1. The molecular weight excluding hydrogens is 318 g/mol. The third-order valence-corrected chi connectivity index (χ3v) is 6.94. The number of Topliss-reactive ketones (excluding diaryl/α,β-unsaturated/α-hetero) is 1. The van der Waals surface area contributed by atoms with Crippen molar-refractivity contribution >= 4 is 5.78 Å². The summed E-state index contributed by atoms with van der Waals surface area (Å²) in [5.74, 6) is 1.44. The summed E-state index contributed by atoms with van der Waals surface area (Å²) in [5, 5.41) is 11.9. The molecule has 4 atom stereocenters. The van der Waals surface area contributed by atoms with Gasteiger partial charge in [0, 0.05) is 31.1 Å². The molecule has 2 heterocycles. The number of ether oxygens (including phenoxy) is 2. The van der Waals surface area contributed by atoms with E-state index in [0.29, 0.717) is 24.3 Å². The predicted octanol–water partition coefficient (Wildman–Crippen LogP) is 1.60. The van der Waals surface area contributed by atoms with Crippen LogP contribution in [0.15, 0.2) is 24.8 Å². The second-order valence-corrected chi connectivity index (χ2v) is 7.74. The zero-order chi connectivity index (χ0) is 17.4. The molecule has 25 heavy (non-hydrogen) atoms. The molecule has 1 unspecified atom stereocenters. The number of likely N-dealkylation sites (tertiary alicyclic amines) is 1. The second-order valence-electron chi connectivity index (χ2n) is 7.74. The topological polar surface area (TPSA) is 59.0 Å². The standard InChI is InChI=1S/C20H23NO4/c1-3-9-21-10-8-19-16-12-4-5-14(24-2)17(16)25-18(19)13(22)6-7-20(19,23)15(21)11-12/h3-5,15,18,23H,1,6-11H2,2H3/t15-,18-,19+,20?/m1/s1.